The van der Waals surface area contributed by atoms with E-state index in [1.807, 2.05) is 72.7 Å². The topological polar surface area (TPSA) is 99.1 Å². The zero-order chi connectivity index (χ0) is 28.1. The van der Waals surface area contributed by atoms with Gasteiger partial charge in [-0.2, -0.15) is 0 Å². The minimum atomic E-state index is -0.729. The number of ketones is 1. The first-order valence-electron chi connectivity index (χ1n) is 13.2. The number of aliphatic hydroxyl groups is 1. The van der Waals surface area contributed by atoms with Gasteiger partial charge in [0, 0.05) is 31.8 Å². The highest BCUT2D eigenvalue weighted by atomic mass is 16.3. The van der Waals surface area contributed by atoms with E-state index in [1.54, 1.807) is 18.2 Å². The Morgan fingerprint density at radius 1 is 1.11 bits per heavy atom. The van der Waals surface area contributed by atoms with Crippen LogP contribution in [-0.4, -0.2) is 53.0 Å². The lowest BCUT2D eigenvalue weighted by molar-refractivity contribution is -0.142. The number of carbonyl (C=O) groups is 3. The minimum Gasteiger partial charge on any atom is -0.393 e. The first kappa shape index (κ1) is 30.4. The number of hydrogen-bond acceptors (Lipinski definition) is 5. The summed E-state index contributed by atoms with van der Waals surface area (Å²) in [5.74, 6) is -1.89. The molecular formula is C30H45N3O4. The van der Waals surface area contributed by atoms with Crippen molar-refractivity contribution in [2.24, 2.45) is 22.2 Å². The zero-order valence-electron chi connectivity index (χ0n) is 24.0. The molecule has 37 heavy (non-hydrogen) atoms. The number of allylic oxidation sites excluding steroid dienone is 2. The van der Waals surface area contributed by atoms with Crippen molar-refractivity contribution in [1.29, 1.82) is 0 Å². The van der Waals surface area contributed by atoms with Gasteiger partial charge < -0.3 is 15.3 Å². The summed E-state index contributed by atoms with van der Waals surface area (Å²) in [4.78, 5) is 45.3. The second kappa shape index (κ2) is 12.6. The Balaban J connectivity index is 2.31. The van der Waals surface area contributed by atoms with E-state index in [9.17, 15) is 19.5 Å². The van der Waals surface area contributed by atoms with Gasteiger partial charge in [0.2, 0.25) is 11.8 Å². The van der Waals surface area contributed by atoms with Crippen LogP contribution in [0.5, 0.6) is 0 Å². The van der Waals surface area contributed by atoms with E-state index in [0.29, 0.717) is 6.42 Å². The Kier molecular flexibility index (Phi) is 10.4. The van der Waals surface area contributed by atoms with Crippen LogP contribution in [0, 0.1) is 17.3 Å². The summed E-state index contributed by atoms with van der Waals surface area (Å²) >= 11 is 0. The van der Waals surface area contributed by atoms with Crippen molar-refractivity contribution in [3.8, 4) is 0 Å². The number of aliphatic imine (C=N–C) groups is 1. The van der Waals surface area contributed by atoms with E-state index in [0.717, 1.165) is 22.4 Å². The predicted molar refractivity (Wildman–Crippen MR) is 149 cm³/mol. The Morgan fingerprint density at radius 2 is 1.68 bits per heavy atom. The van der Waals surface area contributed by atoms with Crippen LogP contribution in [0.1, 0.15) is 91.8 Å². The van der Waals surface area contributed by atoms with Crippen LogP contribution in [0.2, 0.25) is 0 Å². The number of amides is 2. The summed E-state index contributed by atoms with van der Waals surface area (Å²) in [5, 5.41) is 13.3. The largest absolute Gasteiger partial charge is 0.393 e. The molecule has 7 nitrogen and oxygen atoms in total. The van der Waals surface area contributed by atoms with Crippen molar-refractivity contribution in [3.05, 3.63) is 41.1 Å². The number of nitrogens with zero attached hydrogens (tertiary/aromatic N) is 2. The van der Waals surface area contributed by atoms with Crippen LogP contribution in [-0.2, 0) is 14.4 Å². The third-order valence-electron chi connectivity index (χ3n) is 7.51. The summed E-state index contributed by atoms with van der Waals surface area (Å²) in [6, 6.07) is 7.28. The lowest BCUT2D eigenvalue weighted by Crippen LogP contribution is -2.52. The molecule has 0 bridgehead atoms. The Labute approximate surface area is 222 Å². The number of nitrogens with one attached hydrogen (secondary N) is 1. The minimum absolute atomic E-state index is 0.148. The molecular weight excluding hydrogens is 466 g/mol. The molecule has 5 atom stereocenters. The first-order chi connectivity index (χ1) is 17.2. The number of rotatable bonds is 9. The highest BCUT2D eigenvalue weighted by Crippen LogP contribution is 2.39. The molecule has 0 heterocycles. The molecule has 1 aromatic carbocycles. The molecule has 1 fully saturated rings. The molecule has 2 amide bonds. The van der Waals surface area contributed by atoms with Crippen molar-refractivity contribution >= 4 is 29.4 Å². The van der Waals surface area contributed by atoms with E-state index >= 15 is 0 Å². The van der Waals surface area contributed by atoms with Crippen LogP contribution in [0.15, 0.2) is 35.0 Å². The summed E-state index contributed by atoms with van der Waals surface area (Å²) in [6.45, 7) is 15.0. The standard InChI is InChI=1S/C30H45N3O4/c1-10-26(22-14-12-21(13-15-22)18(3)19(4)31-11-2)33(9)29(37)25-17-23(35)16-24(25)27(36)28(30(6,7)8)32-20(5)34/h11-15,23-26,28,35H,10,16-17H2,1-9H3,(H,32,34)/b19-18+,31-11-/t23-,24?,25+,26?,28?/m0/s1. The van der Waals surface area contributed by atoms with Crippen LogP contribution < -0.4 is 5.32 Å². The molecule has 2 rings (SSSR count). The lowest BCUT2D eigenvalue weighted by atomic mass is 9.77. The van der Waals surface area contributed by atoms with E-state index in [1.165, 1.54) is 6.92 Å². The average molecular weight is 512 g/mol. The fourth-order valence-corrected chi connectivity index (χ4v) is 5.33. The Morgan fingerprint density at radius 3 is 2.16 bits per heavy atom. The van der Waals surface area contributed by atoms with Crippen LogP contribution >= 0.6 is 0 Å². The number of aliphatic hydroxyl groups excluding tert-OH is 1. The second-order valence-electron chi connectivity index (χ2n) is 11.3. The second-order valence-corrected chi connectivity index (χ2v) is 11.3. The van der Waals surface area contributed by atoms with Crippen molar-refractivity contribution < 1.29 is 19.5 Å². The molecule has 0 aliphatic heterocycles. The Bertz CT molecular complexity index is 1040. The highest BCUT2D eigenvalue weighted by Gasteiger charge is 2.47. The molecule has 1 aromatic rings. The normalized spacial score (nSPS) is 22.4. The van der Waals surface area contributed by atoms with Gasteiger partial charge in [-0.1, -0.05) is 52.0 Å². The maximum Gasteiger partial charge on any atom is 0.226 e. The van der Waals surface area contributed by atoms with Gasteiger partial charge in [0.05, 0.1) is 24.1 Å². The molecule has 1 aliphatic rings. The highest BCUT2D eigenvalue weighted by molar-refractivity contribution is 5.95. The molecule has 0 spiro atoms. The molecule has 0 aromatic heterocycles. The molecule has 3 unspecified atom stereocenters. The summed E-state index contributed by atoms with van der Waals surface area (Å²) in [5.41, 5.74) is 3.62. The summed E-state index contributed by atoms with van der Waals surface area (Å²) in [6.07, 6.45) is 2.23. The zero-order valence-corrected chi connectivity index (χ0v) is 24.0. The van der Waals surface area contributed by atoms with Crippen molar-refractivity contribution in [1.82, 2.24) is 10.2 Å². The van der Waals surface area contributed by atoms with Gasteiger partial charge in [0.1, 0.15) is 0 Å². The van der Waals surface area contributed by atoms with Crippen molar-refractivity contribution in [2.75, 3.05) is 7.05 Å². The predicted octanol–water partition coefficient (Wildman–Crippen LogP) is 4.94. The molecule has 1 aliphatic carbocycles. The number of carbonyl (C=O) groups excluding carboxylic acids is 3. The number of benzene rings is 1. The smallest absolute Gasteiger partial charge is 0.226 e. The van der Waals surface area contributed by atoms with Gasteiger partial charge in [-0.05, 0) is 62.1 Å². The summed E-state index contributed by atoms with van der Waals surface area (Å²) in [7, 11) is 1.77. The summed E-state index contributed by atoms with van der Waals surface area (Å²) < 4.78 is 0. The van der Waals surface area contributed by atoms with Crippen molar-refractivity contribution in [3.63, 3.8) is 0 Å². The van der Waals surface area contributed by atoms with E-state index in [-0.39, 0.29) is 36.5 Å². The number of hydrogen-bond donors (Lipinski definition) is 2. The van der Waals surface area contributed by atoms with E-state index < -0.39 is 29.4 Å². The third-order valence-corrected chi connectivity index (χ3v) is 7.51. The van der Waals surface area contributed by atoms with E-state index in [4.69, 9.17) is 0 Å². The SMILES string of the molecule is C/C=N\C(C)=C(/C)c1ccc(C(CC)N(C)C(=O)[C@@H]2C[C@@H](O)CC2C(=O)C(NC(C)=O)C(C)(C)C)cc1. The van der Waals surface area contributed by atoms with Gasteiger partial charge >= 0.3 is 0 Å². The lowest BCUT2D eigenvalue weighted by Gasteiger charge is -2.35. The van der Waals surface area contributed by atoms with Crippen molar-refractivity contribution in [2.45, 2.75) is 92.8 Å². The Hall–Kier alpha value is -2.80. The molecule has 2 N–H and O–H groups in total. The first-order valence-corrected chi connectivity index (χ1v) is 13.2. The molecule has 7 heteroatoms. The van der Waals surface area contributed by atoms with Crippen LogP contribution in [0.4, 0.5) is 0 Å². The maximum atomic E-state index is 13.8. The van der Waals surface area contributed by atoms with Gasteiger partial charge in [0.15, 0.2) is 5.78 Å². The van der Waals surface area contributed by atoms with Gasteiger partial charge in [0.25, 0.3) is 0 Å². The van der Waals surface area contributed by atoms with Gasteiger partial charge in [-0.15, -0.1) is 0 Å². The quantitative estimate of drug-likeness (QED) is 0.459. The van der Waals surface area contributed by atoms with Gasteiger partial charge in [-0.3, -0.25) is 19.4 Å². The van der Waals surface area contributed by atoms with Crippen LogP contribution in [0.25, 0.3) is 5.57 Å². The monoisotopic (exact) mass is 511 g/mol. The average Bonchev–Trinajstić information content (AvgIpc) is 3.23. The van der Waals surface area contributed by atoms with Crippen LogP contribution in [0.3, 0.4) is 0 Å². The van der Waals surface area contributed by atoms with E-state index in [2.05, 4.69) is 10.3 Å². The maximum absolute atomic E-state index is 13.8. The molecule has 204 valence electrons. The molecule has 0 radical (unpaired) electrons. The fourth-order valence-electron chi connectivity index (χ4n) is 5.33. The molecule has 1 saturated carbocycles. The van der Waals surface area contributed by atoms with Gasteiger partial charge in [-0.25, -0.2) is 0 Å². The third kappa shape index (κ3) is 7.37. The molecule has 0 saturated heterocycles. The fraction of sp³-hybridized carbons (Fsp3) is 0.600. The number of Topliss-reactive ketones (excluding diaryl/α,β-unsaturated/α-hetero) is 1.